The van der Waals surface area contributed by atoms with Crippen molar-refractivity contribution in [3.8, 4) is 0 Å². The summed E-state index contributed by atoms with van der Waals surface area (Å²) in [4.78, 5) is 1.19. The molecule has 0 saturated heterocycles. The zero-order valence-corrected chi connectivity index (χ0v) is 11.9. The number of rotatable bonds is 4. The minimum absolute atomic E-state index is 0.0377. The van der Waals surface area contributed by atoms with Gasteiger partial charge in [0.05, 0.1) is 12.6 Å². The summed E-state index contributed by atoms with van der Waals surface area (Å²) in [7, 11) is 0. The monoisotopic (exact) mass is 311 g/mol. The Morgan fingerprint density at radius 1 is 1.41 bits per heavy atom. The molecule has 1 heterocycles. The summed E-state index contributed by atoms with van der Waals surface area (Å²) in [6, 6.07) is 9.99. The highest BCUT2D eigenvalue weighted by molar-refractivity contribution is 9.10. The fourth-order valence-corrected chi connectivity index (χ4v) is 3.08. The van der Waals surface area contributed by atoms with Gasteiger partial charge in [0.25, 0.3) is 0 Å². The molecule has 0 aliphatic heterocycles. The van der Waals surface area contributed by atoms with E-state index in [0.29, 0.717) is 0 Å². The van der Waals surface area contributed by atoms with Crippen LogP contribution in [0.1, 0.15) is 16.5 Å². The number of halogens is 1. The summed E-state index contributed by atoms with van der Waals surface area (Å²) in [5.74, 6) is 0. The molecule has 0 spiro atoms. The van der Waals surface area contributed by atoms with E-state index in [-0.39, 0.29) is 12.6 Å². The highest BCUT2D eigenvalue weighted by atomic mass is 79.9. The van der Waals surface area contributed by atoms with Gasteiger partial charge in [0, 0.05) is 15.0 Å². The third-order valence-corrected chi connectivity index (χ3v) is 4.19. The average molecular weight is 312 g/mol. The highest BCUT2D eigenvalue weighted by Gasteiger charge is 2.13. The summed E-state index contributed by atoms with van der Waals surface area (Å²) in [6.45, 7) is 2.16. The number of benzene rings is 1. The van der Waals surface area contributed by atoms with Crippen LogP contribution in [0.2, 0.25) is 0 Å². The van der Waals surface area contributed by atoms with Crippen LogP contribution in [0.15, 0.2) is 40.2 Å². The summed E-state index contributed by atoms with van der Waals surface area (Å²) in [5, 5.41) is 14.9. The molecular formula is C13H14BrNOS. The van der Waals surface area contributed by atoms with Gasteiger partial charge < -0.3 is 10.4 Å². The zero-order chi connectivity index (χ0) is 12.3. The largest absolute Gasteiger partial charge is 0.394 e. The molecule has 1 unspecified atom stereocenters. The third-order valence-electron chi connectivity index (χ3n) is 2.57. The fraction of sp³-hybridized carbons (Fsp3) is 0.231. The van der Waals surface area contributed by atoms with Gasteiger partial charge in [-0.3, -0.25) is 0 Å². The molecule has 0 radical (unpaired) electrons. The van der Waals surface area contributed by atoms with Gasteiger partial charge in [0.2, 0.25) is 0 Å². The van der Waals surface area contributed by atoms with Crippen LogP contribution >= 0.6 is 27.3 Å². The molecule has 90 valence electrons. The number of hydrogen-bond donors (Lipinski definition) is 2. The Bertz CT molecular complexity index is 498. The Hall–Kier alpha value is -0.840. The SMILES string of the molecule is Cc1ccsc1C(CO)Nc1cccc(Br)c1. The number of thiophene rings is 1. The lowest BCUT2D eigenvalue weighted by Gasteiger charge is -2.17. The second-order valence-corrected chi connectivity index (χ2v) is 5.72. The lowest BCUT2D eigenvalue weighted by atomic mass is 10.1. The second-order valence-electron chi connectivity index (χ2n) is 3.86. The van der Waals surface area contributed by atoms with E-state index in [0.717, 1.165) is 10.2 Å². The van der Waals surface area contributed by atoms with Crippen LogP contribution in [-0.2, 0) is 0 Å². The minimum atomic E-state index is -0.0377. The highest BCUT2D eigenvalue weighted by Crippen LogP contribution is 2.27. The van der Waals surface area contributed by atoms with Crippen molar-refractivity contribution in [3.05, 3.63) is 50.6 Å². The molecule has 4 heteroatoms. The first-order valence-corrected chi connectivity index (χ1v) is 7.05. The summed E-state index contributed by atoms with van der Waals surface area (Å²) < 4.78 is 1.03. The fourth-order valence-electron chi connectivity index (χ4n) is 1.71. The Morgan fingerprint density at radius 3 is 2.82 bits per heavy atom. The molecule has 2 aromatic rings. The predicted molar refractivity (Wildman–Crippen MR) is 76.6 cm³/mol. The molecule has 0 aliphatic rings. The van der Waals surface area contributed by atoms with Crippen molar-refractivity contribution in [3.63, 3.8) is 0 Å². The van der Waals surface area contributed by atoms with Crippen LogP contribution in [-0.4, -0.2) is 11.7 Å². The second kappa shape index (κ2) is 5.67. The molecule has 1 atom stereocenters. The van der Waals surface area contributed by atoms with Gasteiger partial charge in [-0.1, -0.05) is 22.0 Å². The van der Waals surface area contributed by atoms with Gasteiger partial charge >= 0.3 is 0 Å². The Balaban J connectivity index is 2.19. The lowest BCUT2D eigenvalue weighted by molar-refractivity contribution is 0.277. The lowest BCUT2D eigenvalue weighted by Crippen LogP contribution is -2.14. The van der Waals surface area contributed by atoms with Crippen molar-refractivity contribution < 1.29 is 5.11 Å². The first-order chi connectivity index (χ1) is 8.20. The summed E-state index contributed by atoms with van der Waals surface area (Å²) >= 11 is 5.11. The molecule has 2 nitrogen and oxygen atoms in total. The predicted octanol–water partition coefficient (Wildman–Crippen LogP) is 3.96. The zero-order valence-electron chi connectivity index (χ0n) is 9.48. The molecule has 2 N–H and O–H groups in total. The van der Waals surface area contributed by atoms with E-state index in [2.05, 4.69) is 39.6 Å². The number of aliphatic hydroxyl groups excluding tert-OH is 1. The van der Waals surface area contributed by atoms with Crippen LogP contribution in [0, 0.1) is 6.92 Å². The molecule has 2 rings (SSSR count). The first kappa shape index (κ1) is 12.6. The molecule has 0 fully saturated rings. The van der Waals surface area contributed by atoms with E-state index < -0.39 is 0 Å². The first-order valence-electron chi connectivity index (χ1n) is 5.37. The van der Waals surface area contributed by atoms with Crippen molar-refractivity contribution >= 4 is 33.0 Å². The maximum absolute atomic E-state index is 9.49. The molecule has 17 heavy (non-hydrogen) atoms. The molecule has 1 aromatic heterocycles. The minimum Gasteiger partial charge on any atom is -0.394 e. The topological polar surface area (TPSA) is 32.3 Å². The van der Waals surface area contributed by atoms with E-state index in [1.165, 1.54) is 10.4 Å². The van der Waals surface area contributed by atoms with Crippen LogP contribution in [0.5, 0.6) is 0 Å². The van der Waals surface area contributed by atoms with E-state index in [1.54, 1.807) is 11.3 Å². The van der Waals surface area contributed by atoms with Gasteiger partial charge in [-0.2, -0.15) is 0 Å². The van der Waals surface area contributed by atoms with E-state index in [9.17, 15) is 5.11 Å². The third kappa shape index (κ3) is 3.09. The van der Waals surface area contributed by atoms with Crippen molar-refractivity contribution in [2.24, 2.45) is 0 Å². The molecule has 0 aliphatic carbocycles. The number of nitrogens with one attached hydrogen (secondary N) is 1. The van der Waals surface area contributed by atoms with Crippen molar-refractivity contribution in [1.82, 2.24) is 0 Å². The molecule has 1 aromatic carbocycles. The van der Waals surface area contributed by atoms with Crippen molar-refractivity contribution in [1.29, 1.82) is 0 Å². The van der Waals surface area contributed by atoms with Gasteiger partial charge in [-0.05, 0) is 42.1 Å². The Morgan fingerprint density at radius 2 is 2.24 bits per heavy atom. The number of aliphatic hydroxyl groups is 1. The number of hydrogen-bond acceptors (Lipinski definition) is 3. The molecule has 0 amide bonds. The Labute approximate surface area is 113 Å². The van der Waals surface area contributed by atoms with E-state index in [4.69, 9.17) is 0 Å². The summed E-state index contributed by atoms with van der Waals surface area (Å²) in [5.41, 5.74) is 2.22. The van der Waals surface area contributed by atoms with Crippen LogP contribution in [0.25, 0.3) is 0 Å². The van der Waals surface area contributed by atoms with Crippen molar-refractivity contribution in [2.45, 2.75) is 13.0 Å². The molecular weight excluding hydrogens is 298 g/mol. The maximum atomic E-state index is 9.49. The number of aryl methyl sites for hydroxylation is 1. The quantitative estimate of drug-likeness (QED) is 0.895. The molecule has 0 saturated carbocycles. The summed E-state index contributed by atoms with van der Waals surface area (Å²) in [6.07, 6.45) is 0. The Kier molecular flexibility index (Phi) is 4.20. The standard InChI is InChI=1S/C13H14BrNOS/c1-9-5-6-17-13(9)12(8-16)15-11-4-2-3-10(14)7-11/h2-7,12,15-16H,8H2,1H3. The van der Waals surface area contributed by atoms with Gasteiger partial charge in [0.15, 0.2) is 0 Å². The van der Waals surface area contributed by atoms with Gasteiger partial charge in [0.1, 0.15) is 0 Å². The van der Waals surface area contributed by atoms with Crippen molar-refractivity contribution in [2.75, 3.05) is 11.9 Å². The van der Waals surface area contributed by atoms with Crippen LogP contribution < -0.4 is 5.32 Å². The smallest absolute Gasteiger partial charge is 0.0840 e. The van der Waals surface area contributed by atoms with Crippen LogP contribution in [0.4, 0.5) is 5.69 Å². The maximum Gasteiger partial charge on any atom is 0.0840 e. The van der Waals surface area contributed by atoms with Gasteiger partial charge in [-0.15, -0.1) is 11.3 Å². The van der Waals surface area contributed by atoms with Gasteiger partial charge in [-0.25, -0.2) is 0 Å². The van der Waals surface area contributed by atoms with E-state index >= 15 is 0 Å². The van der Waals surface area contributed by atoms with Crippen LogP contribution in [0.3, 0.4) is 0 Å². The molecule has 0 bridgehead atoms. The number of anilines is 1. The van der Waals surface area contributed by atoms with E-state index in [1.807, 2.05) is 24.3 Å². The normalized spacial score (nSPS) is 12.4. The average Bonchev–Trinajstić information content (AvgIpc) is 2.72.